The first-order valence-electron chi connectivity index (χ1n) is 8.05. The van der Waals surface area contributed by atoms with E-state index in [0.29, 0.717) is 16.5 Å². The predicted molar refractivity (Wildman–Crippen MR) is 91.6 cm³/mol. The summed E-state index contributed by atoms with van der Waals surface area (Å²) in [5.74, 6) is 0.678. The fourth-order valence-electron chi connectivity index (χ4n) is 3.44. The fourth-order valence-corrected chi connectivity index (χ4v) is 3.57. The van der Waals surface area contributed by atoms with Crippen LogP contribution in [0.1, 0.15) is 31.0 Å². The number of benzene rings is 1. The number of rotatable bonds is 2. The van der Waals surface area contributed by atoms with Gasteiger partial charge in [0, 0.05) is 16.9 Å². The molecule has 1 unspecified atom stereocenters. The average Bonchev–Trinajstić information content (AvgIpc) is 2.92. The van der Waals surface area contributed by atoms with Gasteiger partial charge in [-0.1, -0.05) is 24.9 Å². The summed E-state index contributed by atoms with van der Waals surface area (Å²) in [5, 5.41) is 5.28. The van der Waals surface area contributed by atoms with E-state index in [-0.39, 0.29) is 5.56 Å². The smallest absolute Gasteiger partial charge is 0.282 e. The van der Waals surface area contributed by atoms with Crippen molar-refractivity contribution >= 4 is 11.6 Å². The van der Waals surface area contributed by atoms with Crippen LogP contribution in [0.3, 0.4) is 0 Å². The van der Waals surface area contributed by atoms with Crippen LogP contribution in [0, 0.1) is 5.92 Å². The van der Waals surface area contributed by atoms with E-state index in [4.69, 9.17) is 11.6 Å². The Kier molecular flexibility index (Phi) is 3.49. The molecule has 23 heavy (non-hydrogen) atoms. The summed E-state index contributed by atoms with van der Waals surface area (Å²) < 4.78 is 1.48. The molecule has 0 saturated heterocycles. The number of H-pyrrole nitrogens is 1. The van der Waals surface area contributed by atoms with Gasteiger partial charge in [-0.05, 0) is 55.0 Å². The minimum absolute atomic E-state index is 0.0833. The topological polar surface area (TPSA) is 50.7 Å². The van der Waals surface area contributed by atoms with E-state index < -0.39 is 0 Å². The molecule has 4 nitrogen and oxygen atoms in total. The third-order valence-electron chi connectivity index (χ3n) is 4.86. The van der Waals surface area contributed by atoms with Gasteiger partial charge in [-0.2, -0.15) is 9.78 Å². The third kappa shape index (κ3) is 2.38. The number of halogens is 1. The molecule has 118 valence electrons. The Morgan fingerprint density at radius 3 is 2.87 bits per heavy atom. The Morgan fingerprint density at radius 1 is 1.35 bits per heavy atom. The maximum Gasteiger partial charge on any atom is 0.282 e. The van der Waals surface area contributed by atoms with E-state index in [2.05, 4.69) is 17.0 Å². The summed E-state index contributed by atoms with van der Waals surface area (Å²) in [6, 6.07) is 7.19. The van der Waals surface area contributed by atoms with Crippen LogP contribution >= 0.6 is 11.6 Å². The highest BCUT2D eigenvalue weighted by atomic mass is 35.5. The largest absolute Gasteiger partial charge is 0.364 e. The number of aryl methyl sites for hydroxylation is 1. The van der Waals surface area contributed by atoms with E-state index in [9.17, 15) is 4.79 Å². The SMILES string of the molecule is CCC1CCc2[nH]cc3c(=O)n(-c4ccc(Cl)cc4)nc-3c2C1. The lowest BCUT2D eigenvalue weighted by atomic mass is 9.83. The molecule has 0 aromatic heterocycles. The van der Waals surface area contributed by atoms with Crippen molar-refractivity contribution in [2.45, 2.75) is 32.6 Å². The van der Waals surface area contributed by atoms with Gasteiger partial charge in [0.1, 0.15) is 5.69 Å². The fraction of sp³-hybridized carbons (Fsp3) is 0.333. The van der Waals surface area contributed by atoms with Gasteiger partial charge < -0.3 is 4.98 Å². The van der Waals surface area contributed by atoms with Gasteiger partial charge in [-0.15, -0.1) is 0 Å². The number of nitrogens with zero attached hydrogens (tertiary/aromatic N) is 2. The molecule has 0 bridgehead atoms. The number of hydrogen-bond acceptors (Lipinski definition) is 2. The molecule has 1 N–H and O–H groups in total. The van der Waals surface area contributed by atoms with Crippen molar-refractivity contribution in [2.75, 3.05) is 0 Å². The first-order chi connectivity index (χ1) is 11.2. The average molecular weight is 328 g/mol. The van der Waals surface area contributed by atoms with Crippen LogP contribution in [-0.2, 0) is 12.8 Å². The lowest BCUT2D eigenvalue weighted by Crippen LogP contribution is -2.17. The van der Waals surface area contributed by atoms with Crippen LogP contribution in [0.2, 0.25) is 5.02 Å². The van der Waals surface area contributed by atoms with Gasteiger partial charge in [-0.25, -0.2) is 0 Å². The Bertz CT molecular complexity index is 878. The van der Waals surface area contributed by atoms with Crippen molar-refractivity contribution in [1.29, 1.82) is 0 Å². The Morgan fingerprint density at radius 2 is 2.13 bits per heavy atom. The summed E-state index contributed by atoms with van der Waals surface area (Å²) in [5.41, 5.74) is 4.60. The van der Waals surface area contributed by atoms with Crippen LogP contribution in [0.4, 0.5) is 0 Å². The second kappa shape index (κ2) is 5.53. The number of aromatic nitrogens is 3. The molecule has 4 rings (SSSR count). The lowest BCUT2D eigenvalue weighted by Gasteiger charge is -2.24. The highest BCUT2D eigenvalue weighted by Crippen LogP contribution is 2.32. The minimum Gasteiger partial charge on any atom is -0.364 e. The zero-order chi connectivity index (χ0) is 16.0. The molecule has 0 fully saturated rings. The molecule has 0 saturated carbocycles. The normalized spacial score (nSPS) is 17.4. The Hall–Kier alpha value is -2.07. The van der Waals surface area contributed by atoms with Gasteiger partial charge in [0.25, 0.3) is 5.56 Å². The van der Waals surface area contributed by atoms with Crippen molar-refractivity contribution in [3.63, 3.8) is 0 Å². The zero-order valence-corrected chi connectivity index (χ0v) is 13.7. The highest BCUT2D eigenvalue weighted by molar-refractivity contribution is 6.30. The standard InChI is InChI=1S/C18H18ClN3O/c1-2-11-3-8-16-14(9-11)17-15(10-20-16)18(23)22(21-17)13-6-4-12(19)5-7-13/h4-7,10-11,20H,2-3,8-9H2,1H3. The monoisotopic (exact) mass is 327 g/mol. The van der Waals surface area contributed by atoms with Crippen molar-refractivity contribution in [1.82, 2.24) is 14.8 Å². The first-order valence-corrected chi connectivity index (χ1v) is 8.43. The van der Waals surface area contributed by atoms with E-state index >= 15 is 0 Å². The summed E-state index contributed by atoms with van der Waals surface area (Å²) in [6.07, 6.45) is 6.20. The van der Waals surface area contributed by atoms with Gasteiger partial charge in [0.15, 0.2) is 0 Å². The van der Waals surface area contributed by atoms with Gasteiger partial charge in [-0.3, -0.25) is 4.79 Å². The van der Waals surface area contributed by atoms with E-state index in [1.54, 1.807) is 12.1 Å². The summed E-state index contributed by atoms with van der Waals surface area (Å²) in [4.78, 5) is 16.0. The molecule has 3 aliphatic rings. The zero-order valence-electron chi connectivity index (χ0n) is 13.0. The Labute approximate surface area is 139 Å². The summed E-state index contributed by atoms with van der Waals surface area (Å²) in [7, 11) is 0. The van der Waals surface area contributed by atoms with Gasteiger partial charge in [0.05, 0.1) is 11.3 Å². The van der Waals surface area contributed by atoms with Gasteiger partial charge >= 0.3 is 0 Å². The van der Waals surface area contributed by atoms with Crippen LogP contribution in [0.15, 0.2) is 35.3 Å². The predicted octanol–water partition coefficient (Wildman–Crippen LogP) is 3.83. The minimum atomic E-state index is -0.0833. The first kappa shape index (κ1) is 14.5. The molecular weight excluding hydrogens is 310 g/mol. The molecule has 2 heterocycles. The molecule has 2 aliphatic heterocycles. The maximum atomic E-state index is 12.7. The van der Waals surface area contributed by atoms with Gasteiger partial charge in [0.2, 0.25) is 0 Å². The third-order valence-corrected chi connectivity index (χ3v) is 5.11. The molecule has 0 amide bonds. The molecule has 0 spiro atoms. The highest BCUT2D eigenvalue weighted by Gasteiger charge is 2.26. The van der Waals surface area contributed by atoms with Crippen molar-refractivity contribution in [3.8, 4) is 16.9 Å². The number of aromatic amines is 1. The summed E-state index contributed by atoms with van der Waals surface area (Å²) in [6.45, 7) is 2.23. The molecule has 1 aromatic rings. The molecule has 1 atom stereocenters. The van der Waals surface area contributed by atoms with Crippen LogP contribution in [0.25, 0.3) is 16.9 Å². The number of fused-ring (bicyclic) bond motifs is 3. The number of nitrogens with one attached hydrogen (secondary N) is 1. The Balaban J connectivity index is 1.89. The van der Waals surface area contributed by atoms with Crippen LogP contribution in [0.5, 0.6) is 0 Å². The molecule has 1 aliphatic carbocycles. The second-order valence-electron chi connectivity index (χ2n) is 6.22. The number of hydrogen-bond donors (Lipinski definition) is 1. The van der Waals surface area contributed by atoms with E-state index in [1.807, 2.05) is 18.3 Å². The van der Waals surface area contributed by atoms with Crippen LogP contribution < -0.4 is 5.56 Å². The van der Waals surface area contributed by atoms with Crippen LogP contribution in [-0.4, -0.2) is 14.8 Å². The maximum absolute atomic E-state index is 12.7. The molecular formula is C18H18ClN3O. The van der Waals surface area contributed by atoms with Crippen molar-refractivity contribution in [2.24, 2.45) is 5.92 Å². The summed E-state index contributed by atoms with van der Waals surface area (Å²) >= 11 is 5.93. The van der Waals surface area contributed by atoms with E-state index in [0.717, 1.165) is 30.6 Å². The lowest BCUT2D eigenvalue weighted by molar-refractivity contribution is 0.440. The quantitative estimate of drug-likeness (QED) is 0.777. The van der Waals surface area contributed by atoms with Crippen molar-refractivity contribution < 1.29 is 0 Å². The molecule has 0 radical (unpaired) electrons. The number of pyridine rings is 1. The molecule has 5 heteroatoms. The molecule has 1 aromatic carbocycles. The van der Waals surface area contributed by atoms with Crippen molar-refractivity contribution in [3.05, 3.63) is 57.1 Å². The second-order valence-corrected chi connectivity index (χ2v) is 6.65. The van der Waals surface area contributed by atoms with E-state index in [1.165, 1.54) is 22.4 Å².